The average Bonchev–Trinajstić information content (AvgIpc) is 3.00. The summed E-state index contributed by atoms with van der Waals surface area (Å²) >= 11 is 0. The van der Waals surface area contributed by atoms with Crippen molar-refractivity contribution < 1.29 is 27.4 Å². The number of amides is 1. The average molecular weight is 369 g/mol. The molecule has 140 valence electrons. The molecule has 1 saturated heterocycles. The molecule has 0 spiro atoms. The van der Waals surface area contributed by atoms with Crippen molar-refractivity contribution in [2.75, 3.05) is 13.1 Å². The monoisotopic (exact) mass is 369 g/mol. The van der Waals surface area contributed by atoms with Crippen molar-refractivity contribution in [2.24, 2.45) is 0 Å². The zero-order chi connectivity index (χ0) is 18.7. The topological polar surface area (TPSA) is 67.5 Å². The van der Waals surface area contributed by atoms with Crippen LogP contribution in [0.5, 0.6) is 11.5 Å². The molecule has 1 N–H and O–H groups in total. The van der Waals surface area contributed by atoms with E-state index in [4.69, 9.17) is 4.74 Å². The number of likely N-dealkylation sites (tertiary alicyclic amines) is 1. The summed E-state index contributed by atoms with van der Waals surface area (Å²) in [7, 11) is 0. The van der Waals surface area contributed by atoms with Crippen molar-refractivity contribution >= 4 is 5.91 Å². The summed E-state index contributed by atoms with van der Waals surface area (Å²) in [4.78, 5) is 14.0. The second-order valence-corrected chi connectivity index (χ2v) is 6.07. The number of aryl methyl sites for hydroxylation is 1. The standard InChI is InChI=1S/C17H18F3N3O3/c1-11-9-15(22-21-11)16(24)23-7-5-12(6-8-23)25-13-3-2-4-14(10-13)26-17(18,19)20/h2-4,9-10,12H,5-8H2,1H3,(H,21,22). The summed E-state index contributed by atoms with van der Waals surface area (Å²) in [6.45, 7) is 2.81. The molecule has 0 atom stereocenters. The SMILES string of the molecule is Cc1cc(C(=O)N2CCC(Oc3cccc(OC(F)(F)F)c3)CC2)n[nH]1. The minimum Gasteiger partial charge on any atom is -0.490 e. The van der Waals surface area contributed by atoms with E-state index in [1.165, 1.54) is 18.2 Å². The summed E-state index contributed by atoms with van der Waals surface area (Å²) in [6.07, 6.45) is -3.75. The fourth-order valence-electron chi connectivity index (χ4n) is 2.80. The molecule has 0 bridgehead atoms. The highest BCUT2D eigenvalue weighted by Crippen LogP contribution is 2.27. The van der Waals surface area contributed by atoms with Crippen molar-refractivity contribution in [2.45, 2.75) is 32.2 Å². The summed E-state index contributed by atoms with van der Waals surface area (Å²) in [5.74, 6) is -0.163. The molecule has 1 aromatic carbocycles. The van der Waals surface area contributed by atoms with E-state index in [1.54, 1.807) is 17.0 Å². The normalized spacial score (nSPS) is 15.8. The fraction of sp³-hybridized carbons (Fsp3) is 0.412. The number of nitrogens with one attached hydrogen (secondary N) is 1. The number of nitrogens with zero attached hydrogens (tertiary/aromatic N) is 2. The molecule has 3 rings (SSSR count). The van der Waals surface area contributed by atoms with E-state index in [9.17, 15) is 18.0 Å². The van der Waals surface area contributed by atoms with E-state index < -0.39 is 6.36 Å². The number of aromatic nitrogens is 2. The molecular weight excluding hydrogens is 351 g/mol. The Morgan fingerprint density at radius 1 is 1.23 bits per heavy atom. The van der Waals surface area contributed by atoms with E-state index >= 15 is 0 Å². The molecule has 0 radical (unpaired) electrons. The van der Waals surface area contributed by atoms with Gasteiger partial charge in [-0.1, -0.05) is 6.07 Å². The Bertz CT molecular complexity index is 768. The number of H-pyrrole nitrogens is 1. The molecule has 9 heteroatoms. The molecule has 2 aromatic rings. The van der Waals surface area contributed by atoms with Crippen LogP contribution in [0.15, 0.2) is 30.3 Å². The lowest BCUT2D eigenvalue weighted by Crippen LogP contribution is -2.41. The number of alkyl halides is 3. The molecule has 6 nitrogen and oxygen atoms in total. The van der Waals surface area contributed by atoms with E-state index in [1.807, 2.05) is 6.92 Å². The Hall–Kier alpha value is -2.71. The van der Waals surface area contributed by atoms with Crippen molar-refractivity contribution in [3.63, 3.8) is 0 Å². The predicted molar refractivity (Wildman–Crippen MR) is 86.0 cm³/mol. The van der Waals surface area contributed by atoms with Crippen LogP contribution in [-0.2, 0) is 0 Å². The van der Waals surface area contributed by atoms with Gasteiger partial charge in [0.25, 0.3) is 5.91 Å². The summed E-state index contributed by atoms with van der Waals surface area (Å²) in [5.41, 5.74) is 1.19. The zero-order valence-electron chi connectivity index (χ0n) is 14.0. The quantitative estimate of drug-likeness (QED) is 0.898. The van der Waals surface area contributed by atoms with Crippen LogP contribution >= 0.6 is 0 Å². The van der Waals surface area contributed by atoms with Gasteiger partial charge in [-0.05, 0) is 25.1 Å². The Labute approximate surface area is 147 Å². The Balaban J connectivity index is 1.54. The van der Waals surface area contributed by atoms with Crippen LogP contribution in [0.25, 0.3) is 0 Å². The Morgan fingerprint density at radius 2 is 1.92 bits per heavy atom. The predicted octanol–water partition coefficient (Wildman–Crippen LogP) is 3.30. The molecule has 0 aliphatic carbocycles. The minimum atomic E-state index is -4.74. The van der Waals surface area contributed by atoms with Gasteiger partial charge < -0.3 is 14.4 Å². The van der Waals surface area contributed by atoms with Crippen molar-refractivity contribution in [1.82, 2.24) is 15.1 Å². The van der Waals surface area contributed by atoms with Crippen LogP contribution < -0.4 is 9.47 Å². The maximum atomic E-state index is 12.3. The number of carbonyl (C=O) groups is 1. The molecule has 0 unspecified atom stereocenters. The minimum absolute atomic E-state index is 0.145. The third-order valence-electron chi connectivity index (χ3n) is 4.00. The number of ether oxygens (including phenoxy) is 2. The zero-order valence-corrected chi connectivity index (χ0v) is 14.0. The maximum absolute atomic E-state index is 12.3. The second-order valence-electron chi connectivity index (χ2n) is 6.07. The van der Waals surface area contributed by atoms with Crippen molar-refractivity contribution in [3.05, 3.63) is 41.7 Å². The molecule has 2 heterocycles. The van der Waals surface area contributed by atoms with Crippen LogP contribution in [0.4, 0.5) is 13.2 Å². The Morgan fingerprint density at radius 3 is 2.54 bits per heavy atom. The van der Waals surface area contributed by atoms with Gasteiger partial charge in [0.15, 0.2) is 0 Å². The molecule has 1 amide bonds. The van der Waals surface area contributed by atoms with Gasteiger partial charge in [0.1, 0.15) is 23.3 Å². The number of halogens is 3. The van der Waals surface area contributed by atoms with E-state index in [2.05, 4.69) is 14.9 Å². The van der Waals surface area contributed by atoms with Crippen LogP contribution in [0, 0.1) is 6.92 Å². The van der Waals surface area contributed by atoms with Gasteiger partial charge in [0.2, 0.25) is 0 Å². The highest BCUT2D eigenvalue weighted by molar-refractivity contribution is 5.92. The van der Waals surface area contributed by atoms with Crippen molar-refractivity contribution in [1.29, 1.82) is 0 Å². The Kier molecular flexibility index (Phi) is 5.06. The van der Waals surface area contributed by atoms with Gasteiger partial charge in [0, 0.05) is 37.7 Å². The highest BCUT2D eigenvalue weighted by atomic mass is 19.4. The number of rotatable bonds is 4. The van der Waals surface area contributed by atoms with Crippen LogP contribution in [0.3, 0.4) is 0 Å². The first-order valence-electron chi connectivity index (χ1n) is 8.14. The molecule has 0 saturated carbocycles. The van der Waals surface area contributed by atoms with E-state index in [0.29, 0.717) is 37.4 Å². The largest absolute Gasteiger partial charge is 0.573 e. The van der Waals surface area contributed by atoms with Gasteiger partial charge in [0.05, 0.1) is 0 Å². The molecule has 1 aliphatic heterocycles. The molecular formula is C17H18F3N3O3. The lowest BCUT2D eigenvalue weighted by atomic mass is 10.1. The van der Waals surface area contributed by atoms with Gasteiger partial charge in [-0.2, -0.15) is 5.10 Å². The third kappa shape index (κ3) is 4.68. The fourth-order valence-corrected chi connectivity index (χ4v) is 2.80. The molecule has 1 aromatic heterocycles. The highest BCUT2D eigenvalue weighted by Gasteiger charge is 2.31. The number of carbonyl (C=O) groups excluding carboxylic acids is 1. The van der Waals surface area contributed by atoms with E-state index in [0.717, 1.165) is 5.69 Å². The number of benzene rings is 1. The summed E-state index contributed by atoms with van der Waals surface area (Å²) in [6, 6.07) is 7.13. The first-order chi connectivity index (χ1) is 12.3. The molecule has 26 heavy (non-hydrogen) atoms. The number of hydrogen-bond donors (Lipinski definition) is 1. The van der Waals surface area contributed by atoms with E-state index in [-0.39, 0.29) is 17.8 Å². The first-order valence-corrected chi connectivity index (χ1v) is 8.14. The number of piperidine rings is 1. The van der Waals surface area contributed by atoms with Crippen LogP contribution in [-0.4, -0.2) is 46.6 Å². The third-order valence-corrected chi connectivity index (χ3v) is 4.00. The van der Waals surface area contributed by atoms with Gasteiger partial charge in [-0.3, -0.25) is 9.89 Å². The molecule has 1 aliphatic rings. The summed E-state index contributed by atoms with van der Waals surface area (Å²) < 4.78 is 46.5. The van der Waals surface area contributed by atoms with Gasteiger partial charge in [-0.15, -0.1) is 13.2 Å². The summed E-state index contributed by atoms with van der Waals surface area (Å²) in [5, 5.41) is 6.70. The van der Waals surface area contributed by atoms with Crippen LogP contribution in [0.1, 0.15) is 29.0 Å². The first kappa shape index (κ1) is 18.1. The molecule has 1 fully saturated rings. The number of hydrogen-bond acceptors (Lipinski definition) is 4. The lowest BCUT2D eigenvalue weighted by Gasteiger charge is -2.31. The van der Waals surface area contributed by atoms with Crippen molar-refractivity contribution in [3.8, 4) is 11.5 Å². The van der Waals surface area contributed by atoms with Gasteiger partial charge >= 0.3 is 6.36 Å². The smallest absolute Gasteiger partial charge is 0.490 e. The van der Waals surface area contributed by atoms with Gasteiger partial charge in [-0.25, -0.2) is 0 Å². The maximum Gasteiger partial charge on any atom is 0.573 e. The second kappa shape index (κ2) is 7.27. The lowest BCUT2D eigenvalue weighted by molar-refractivity contribution is -0.274. The van der Waals surface area contributed by atoms with Crippen LogP contribution in [0.2, 0.25) is 0 Å². The number of aromatic amines is 1.